The zero-order valence-electron chi connectivity index (χ0n) is 9.19. The van der Waals surface area contributed by atoms with Gasteiger partial charge in [-0.25, -0.2) is 0 Å². The van der Waals surface area contributed by atoms with Crippen molar-refractivity contribution in [2.45, 2.75) is 25.4 Å². The Morgan fingerprint density at radius 1 is 1.44 bits per heavy atom. The molecule has 4 heteroatoms. The smallest absolute Gasteiger partial charge is 0.240 e. The van der Waals surface area contributed by atoms with Gasteiger partial charge in [-0.3, -0.25) is 4.79 Å². The van der Waals surface area contributed by atoms with E-state index in [0.717, 1.165) is 23.0 Å². The minimum atomic E-state index is -0.308. The zero-order chi connectivity index (χ0) is 11.7. The highest BCUT2D eigenvalue weighted by atomic mass is 79.9. The first kappa shape index (κ1) is 11.6. The van der Waals surface area contributed by atoms with E-state index in [0.29, 0.717) is 0 Å². The highest BCUT2D eigenvalue weighted by molar-refractivity contribution is 9.10. The molecule has 16 heavy (non-hydrogen) atoms. The van der Waals surface area contributed by atoms with E-state index >= 15 is 0 Å². The number of amides is 1. The first-order valence-electron chi connectivity index (χ1n) is 5.41. The molecule has 0 bridgehead atoms. The van der Waals surface area contributed by atoms with Crippen LogP contribution in [0.4, 0.5) is 0 Å². The molecule has 2 N–H and O–H groups in total. The van der Waals surface area contributed by atoms with Gasteiger partial charge in [0.2, 0.25) is 5.91 Å². The van der Waals surface area contributed by atoms with Crippen LogP contribution in [-0.4, -0.2) is 23.4 Å². The quantitative estimate of drug-likeness (QED) is 0.903. The molecule has 2 unspecified atom stereocenters. The number of carbonyl (C=O) groups is 1. The molecule has 1 saturated heterocycles. The number of nitrogens with two attached hydrogens (primary N) is 1. The Kier molecular flexibility index (Phi) is 3.30. The van der Waals surface area contributed by atoms with Crippen molar-refractivity contribution in [1.82, 2.24) is 4.90 Å². The highest BCUT2D eigenvalue weighted by Gasteiger charge is 2.32. The fourth-order valence-corrected chi connectivity index (χ4v) is 2.29. The lowest BCUT2D eigenvalue weighted by Crippen LogP contribution is -2.35. The van der Waals surface area contributed by atoms with E-state index in [1.54, 1.807) is 0 Å². The third-order valence-corrected chi connectivity index (χ3v) is 3.63. The van der Waals surface area contributed by atoms with E-state index in [9.17, 15) is 4.79 Å². The minimum Gasteiger partial charge on any atom is -0.335 e. The molecule has 0 saturated carbocycles. The van der Waals surface area contributed by atoms with Gasteiger partial charge < -0.3 is 10.6 Å². The van der Waals surface area contributed by atoms with Crippen molar-refractivity contribution in [3.05, 3.63) is 34.3 Å². The van der Waals surface area contributed by atoms with Crippen LogP contribution in [0, 0.1) is 0 Å². The number of hydrogen-bond donors (Lipinski definition) is 1. The molecule has 1 fully saturated rings. The monoisotopic (exact) mass is 282 g/mol. The fourth-order valence-electron chi connectivity index (χ4n) is 2.03. The van der Waals surface area contributed by atoms with Gasteiger partial charge in [-0.1, -0.05) is 28.1 Å². The summed E-state index contributed by atoms with van der Waals surface area (Å²) >= 11 is 3.40. The van der Waals surface area contributed by atoms with Gasteiger partial charge in [0.1, 0.15) is 0 Å². The molecule has 1 aromatic carbocycles. The Hall–Kier alpha value is -0.870. The number of carbonyl (C=O) groups excluding carboxylic acids is 1. The minimum absolute atomic E-state index is 0.0652. The van der Waals surface area contributed by atoms with E-state index in [2.05, 4.69) is 15.9 Å². The normalized spacial score (nSPS) is 22.6. The largest absolute Gasteiger partial charge is 0.335 e. The number of benzene rings is 1. The molecular formula is C12H15BrN2O. The van der Waals surface area contributed by atoms with Gasteiger partial charge in [-0.2, -0.15) is 0 Å². The summed E-state index contributed by atoms with van der Waals surface area (Å²) in [6, 6.07) is 7.85. The molecule has 1 aromatic rings. The number of halogens is 1. The maximum atomic E-state index is 11.8. The molecule has 1 amide bonds. The Balaban J connectivity index is 2.16. The second kappa shape index (κ2) is 4.55. The van der Waals surface area contributed by atoms with Gasteiger partial charge in [-0.15, -0.1) is 0 Å². The number of likely N-dealkylation sites (tertiary alicyclic amines) is 1. The Morgan fingerprint density at radius 2 is 2.06 bits per heavy atom. The lowest BCUT2D eigenvalue weighted by Gasteiger charge is -2.24. The molecule has 1 aliphatic rings. The summed E-state index contributed by atoms with van der Waals surface area (Å²) in [6.07, 6.45) is 0.764. The van der Waals surface area contributed by atoms with E-state index in [1.807, 2.05) is 36.1 Å². The zero-order valence-corrected chi connectivity index (χ0v) is 10.8. The molecular weight excluding hydrogens is 268 g/mol. The molecule has 86 valence electrons. The topological polar surface area (TPSA) is 46.3 Å². The average Bonchev–Trinajstić information content (AvgIpc) is 2.60. The summed E-state index contributed by atoms with van der Waals surface area (Å²) in [5, 5.41) is 0. The fraction of sp³-hybridized carbons (Fsp3) is 0.417. The highest BCUT2D eigenvalue weighted by Crippen LogP contribution is 2.26. The SMILES string of the molecule is CC(c1ccc(Br)cc1)N1CCC(N)C1=O. The van der Waals surface area contributed by atoms with Gasteiger partial charge in [0.25, 0.3) is 0 Å². The van der Waals surface area contributed by atoms with Gasteiger partial charge in [0.05, 0.1) is 12.1 Å². The summed E-state index contributed by atoms with van der Waals surface area (Å²) in [4.78, 5) is 13.6. The maximum absolute atomic E-state index is 11.8. The molecule has 0 radical (unpaired) electrons. The second-order valence-electron chi connectivity index (χ2n) is 4.15. The van der Waals surface area contributed by atoms with Crippen LogP contribution in [0.3, 0.4) is 0 Å². The van der Waals surface area contributed by atoms with Crippen molar-refractivity contribution in [2.75, 3.05) is 6.54 Å². The molecule has 3 nitrogen and oxygen atoms in total. The Labute approximate surface area is 104 Å². The number of nitrogens with zero attached hydrogens (tertiary/aromatic N) is 1. The van der Waals surface area contributed by atoms with Crippen molar-refractivity contribution < 1.29 is 4.79 Å². The van der Waals surface area contributed by atoms with Crippen molar-refractivity contribution in [2.24, 2.45) is 5.73 Å². The molecule has 2 atom stereocenters. The van der Waals surface area contributed by atoms with Crippen molar-refractivity contribution >= 4 is 21.8 Å². The van der Waals surface area contributed by atoms with E-state index in [4.69, 9.17) is 5.73 Å². The predicted molar refractivity (Wildman–Crippen MR) is 66.9 cm³/mol. The van der Waals surface area contributed by atoms with E-state index in [-0.39, 0.29) is 18.0 Å². The molecule has 1 aliphatic heterocycles. The molecule has 1 heterocycles. The third kappa shape index (κ3) is 2.13. The summed E-state index contributed by atoms with van der Waals surface area (Å²) in [5.41, 5.74) is 6.85. The average molecular weight is 283 g/mol. The summed E-state index contributed by atoms with van der Waals surface area (Å²) in [5.74, 6) is 0.0652. The van der Waals surface area contributed by atoms with Crippen molar-refractivity contribution in [1.29, 1.82) is 0 Å². The van der Waals surface area contributed by atoms with Crippen LogP contribution in [0.25, 0.3) is 0 Å². The van der Waals surface area contributed by atoms with Crippen molar-refractivity contribution in [3.63, 3.8) is 0 Å². The standard InChI is InChI=1S/C12H15BrN2O/c1-8(9-2-4-10(13)5-3-9)15-7-6-11(14)12(15)16/h2-5,8,11H,6-7,14H2,1H3. The van der Waals surface area contributed by atoms with Crippen LogP contribution < -0.4 is 5.73 Å². The number of hydrogen-bond acceptors (Lipinski definition) is 2. The Morgan fingerprint density at radius 3 is 2.56 bits per heavy atom. The maximum Gasteiger partial charge on any atom is 0.240 e. The lowest BCUT2D eigenvalue weighted by molar-refractivity contribution is -0.130. The molecule has 2 rings (SSSR count). The van der Waals surface area contributed by atoms with Crippen LogP contribution >= 0.6 is 15.9 Å². The van der Waals surface area contributed by atoms with Gasteiger partial charge in [-0.05, 0) is 31.0 Å². The summed E-state index contributed by atoms with van der Waals surface area (Å²) in [7, 11) is 0. The first-order chi connectivity index (χ1) is 7.59. The third-order valence-electron chi connectivity index (χ3n) is 3.10. The molecule has 0 aliphatic carbocycles. The molecule has 0 spiro atoms. The molecule has 0 aromatic heterocycles. The van der Waals surface area contributed by atoms with Crippen molar-refractivity contribution in [3.8, 4) is 0 Å². The van der Waals surface area contributed by atoms with Gasteiger partial charge in [0, 0.05) is 11.0 Å². The second-order valence-corrected chi connectivity index (χ2v) is 5.07. The predicted octanol–water partition coefficient (Wildman–Crippen LogP) is 2.07. The van der Waals surface area contributed by atoms with Crippen LogP contribution in [0.15, 0.2) is 28.7 Å². The number of rotatable bonds is 2. The summed E-state index contributed by atoms with van der Waals surface area (Å²) < 4.78 is 1.05. The summed E-state index contributed by atoms with van der Waals surface area (Å²) in [6.45, 7) is 2.80. The van der Waals surface area contributed by atoms with Crippen LogP contribution in [0.2, 0.25) is 0 Å². The van der Waals surface area contributed by atoms with Crippen LogP contribution in [0.1, 0.15) is 24.9 Å². The van der Waals surface area contributed by atoms with E-state index < -0.39 is 0 Å². The lowest BCUT2D eigenvalue weighted by atomic mass is 10.1. The van der Waals surface area contributed by atoms with Gasteiger partial charge >= 0.3 is 0 Å². The van der Waals surface area contributed by atoms with Crippen LogP contribution in [0.5, 0.6) is 0 Å². The Bertz CT molecular complexity index is 391. The first-order valence-corrected chi connectivity index (χ1v) is 6.20. The van der Waals surface area contributed by atoms with E-state index in [1.165, 1.54) is 0 Å². The van der Waals surface area contributed by atoms with Crippen LogP contribution in [-0.2, 0) is 4.79 Å². The van der Waals surface area contributed by atoms with Gasteiger partial charge in [0.15, 0.2) is 0 Å².